The predicted octanol–water partition coefficient (Wildman–Crippen LogP) is 1.06. The van der Waals surface area contributed by atoms with Crippen LogP contribution >= 0.6 is 0 Å². The molecular formula is C14H19FN2O4. The molecule has 0 fully saturated rings. The highest BCUT2D eigenvalue weighted by atomic mass is 19.1. The number of aliphatic carboxylic acids is 1. The van der Waals surface area contributed by atoms with Gasteiger partial charge in [-0.3, -0.25) is 9.59 Å². The normalized spacial score (nSPS) is 13.5. The smallest absolute Gasteiger partial charge is 0.322 e. The minimum absolute atomic E-state index is 0.0918. The Morgan fingerprint density at radius 3 is 2.67 bits per heavy atom. The van der Waals surface area contributed by atoms with Crippen LogP contribution in [0.25, 0.3) is 0 Å². The highest BCUT2D eigenvalue weighted by Crippen LogP contribution is 2.19. The number of amides is 1. The quantitative estimate of drug-likeness (QED) is 0.699. The van der Waals surface area contributed by atoms with E-state index in [0.717, 1.165) is 6.07 Å². The first-order chi connectivity index (χ1) is 9.85. The number of benzene rings is 1. The van der Waals surface area contributed by atoms with Gasteiger partial charge in [-0.05, 0) is 37.6 Å². The molecule has 2 unspecified atom stereocenters. The molecule has 1 aromatic carbocycles. The van der Waals surface area contributed by atoms with Crippen molar-refractivity contribution in [3.05, 3.63) is 35.1 Å². The number of hydrogen-bond acceptors (Lipinski definition) is 4. The largest absolute Gasteiger partial charge is 0.480 e. The topological polar surface area (TPSA) is 102 Å². The van der Waals surface area contributed by atoms with E-state index in [9.17, 15) is 14.0 Å². The zero-order valence-corrected chi connectivity index (χ0v) is 11.9. The van der Waals surface area contributed by atoms with Crippen molar-refractivity contribution in [1.29, 1.82) is 0 Å². The summed E-state index contributed by atoms with van der Waals surface area (Å²) in [5.41, 5.74) is 5.91. The van der Waals surface area contributed by atoms with Crippen LogP contribution in [0.1, 0.15) is 35.9 Å². The lowest BCUT2D eigenvalue weighted by molar-refractivity contribution is -0.138. The number of carboxylic acid groups (broad SMARTS) is 1. The van der Waals surface area contributed by atoms with Gasteiger partial charge in [0, 0.05) is 18.7 Å². The van der Waals surface area contributed by atoms with E-state index in [1.807, 2.05) is 6.92 Å². The van der Waals surface area contributed by atoms with Crippen LogP contribution in [0.5, 0.6) is 0 Å². The number of carbonyl (C=O) groups is 2. The lowest BCUT2D eigenvalue weighted by Gasteiger charge is -2.14. The minimum atomic E-state index is -1.22. The molecule has 0 saturated heterocycles. The maximum Gasteiger partial charge on any atom is 0.322 e. The Morgan fingerprint density at radius 2 is 2.10 bits per heavy atom. The maximum absolute atomic E-state index is 13.6. The second kappa shape index (κ2) is 7.70. The van der Waals surface area contributed by atoms with Crippen LogP contribution in [0.4, 0.5) is 4.39 Å². The zero-order valence-electron chi connectivity index (χ0n) is 11.9. The van der Waals surface area contributed by atoms with E-state index in [0.29, 0.717) is 12.2 Å². The summed E-state index contributed by atoms with van der Waals surface area (Å²) in [7, 11) is 0. The van der Waals surface area contributed by atoms with E-state index in [4.69, 9.17) is 15.6 Å². The van der Waals surface area contributed by atoms with E-state index < -0.39 is 23.7 Å². The summed E-state index contributed by atoms with van der Waals surface area (Å²) >= 11 is 0. The van der Waals surface area contributed by atoms with Gasteiger partial charge < -0.3 is 20.9 Å². The Kier molecular flexibility index (Phi) is 6.26. The van der Waals surface area contributed by atoms with Gasteiger partial charge >= 0.3 is 5.97 Å². The monoisotopic (exact) mass is 298 g/mol. The fraction of sp³-hybridized carbons (Fsp3) is 0.429. The average Bonchev–Trinajstić information content (AvgIpc) is 2.43. The Morgan fingerprint density at radius 1 is 1.43 bits per heavy atom. The Bertz CT molecular complexity index is 522. The van der Waals surface area contributed by atoms with Gasteiger partial charge in [0.15, 0.2) is 0 Å². The molecule has 0 bridgehead atoms. The van der Waals surface area contributed by atoms with E-state index >= 15 is 0 Å². The standard InChI is InChI=1S/C14H19FN2O4/c1-3-21-8(2)9-4-10(6-11(15)5-9)13(18)17-7-12(16)14(19)20/h4-6,8,12H,3,7,16H2,1-2H3,(H,17,18)(H,19,20). The predicted molar refractivity (Wildman–Crippen MR) is 74.4 cm³/mol. The fourth-order valence-electron chi connectivity index (χ4n) is 1.72. The number of nitrogens with one attached hydrogen (secondary N) is 1. The first kappa shape index (κ1) is 17.1. The molecule has 0 heterocycles. The summed E-state index contributed by atoms with van der Waals surface area (Å²) in [5.74, 6) is -2.37. The molecule has 21 heavy (non-hydrogen) atoms. The van der Waals surface area contributed by atoms with Crippen LogP contribution < -0.4 is 11.1 Å². The van der Waals surface area contributed by atoms with Crippen molar-refractivity contribution in [2.45, 2.75) is 26.0 Å². The fourth-order valence-corrected chi connectivity index (χ4v) is 1.72. The molecule has 1 rings (SSSR count). The highest BCUT2D eigenvalue weighted by Gasteiger charge is 2.16. The van der Waals surface area contributed by atoms with Gasteiger partial charge in [0.05, 0.1) is 6.10 Å². The maximum atomic E-state index is 13.6. The molecule has 0 aliphatic carbocycles. The van der Waals surface area contributed by atoms with Crippen LogP contribution in [0.2, 0.25) is 0 Å². The molecule has 0 aliphatic heterocycles. The van der Waals surface area contributed by atoms with Gasteiger partial charge in [-0.15, -0.1) is 0 Å². The van der Waals surface area contributed by atoms with Gasteiger partial charge in [-0.2, -0.15) is 0 Å². The van der Waals surface area contributed by atoms with Crippen LogP contribution in [0.3, 0.4) is 0 Å². The van der Waals surface area contributed by atoms with Crippen LogP contribution in [0.15, 0.2) is 18.2 Å². The molecule has 1 amide bonds. The van der Waals surface area contributed by atoms with Crippen LogP contribution in [0, 0.1) is 5.82 Å². The Labute approximate surface area is 122 Å². The van der Waals surface area contributed by atoms with Crippen molar-refractivity contribution in [2.75, 3.05) is 13.2 Å². The van der Waals surface area contributed by atoms with E-state index in [1.165, 1.54) is 12.1 Å². The van der Waals surface area contributed by atoms with Crippen LogP contribution in [-0.4, -0.2) is 36.2 Å². The molecule has 7 heteroatoms. The van der Waals surface area contributed by atoms with Crippen molar-refractivity contribution in [1.82, 2.24) is 5.32 Å². The summed E-state index contributed by atoms with van der Waals surface area (Å²) in [4.78, 5) is 22.5. The van der Waals surface area contributed by atoms with Crippen molar-refractivity contribution >= 4 is 11.9 Å². The first-order valence-corrected chi connectivity index (χ1v) is 6.53. The van der Waals surface area contributed by atoms with E-state index in [1.54, 1.807) is 6.92 Å². The first-order valence-electron chi connectivity index (χ1n) is 6.53. The molecule has 1 aromatic rings. The Hall–Kier alpha value is -1.99. The molecule has 0 aromatic heterocycles. The second-order valence-electron chi connectivity index (χ2n) is 4.53. The summed E-state index contributed by atoms with van der Waals surface area (Å²) in [6.07, 6.45) is -0.349. The van der Waals surface area contributed by atoms with Crippen molar-refractivity contribution in [2.24, 2.45) is 5.73 Å². The average molecular weight is 298 g/mol. The lowest BCUT2D eigenvalue weighted by Crippen LogP contribution is -2.42. The molecule has 116 valence electrons. The second-order valence-corrected chi connectivity index (χ2v) is 4.53. The summed E-state index contributed by atoms with van der Waals surface area (Å²) in [5, 5.41) is 11.0. The number of carboxylic acids is 1. The number of hydrogen-bond donors (Lipinski definition) is 3. The molecular weight excluding hydrogens is 279 g/mol. The number of nitrogens with two attached hydrogens (primary N) is 1. The van der Waals surface area contributed by atoms with Crippen molar-refractivity contribution in [3.63, 3.8) is 0 Å². The van der Waals surface area contributed by atoms with Crippen LogP contribution in [-0.2, 0) is 9.53 Å². The van der Waals surface area contributed by atoms with Gasteiger partial charge in [0.25, 0.3) is 5.91 Å². The lowest BCUT2D eigenvalue weighted by atomic mass is 10.1. The summed E-state index contributed by atoms with van der Waals surface area (Å²) in [6, 6.07) is 2.67. The van der Waals surface area contributed by atoms with Crippen molar-refractivity contribution in [3.8, 4) is 0 Å². The molecule has 2 atom stereocenters. The number of carbonyl (C=O) groups excluding carboxylic acids is 1. The molecule has 6 nitrogen and oxygen atoms in total. The third kappa shape index (κ3) is 5.13. The molecule has 0 aliphatic rings. The molecule has 0 radical (unpaired) electrons. The van der Waals surface area contributed by atoms with Crippen molar-refractivity contribution < 1.29 is 23.8 Å². The third-order valence-electron chi connectivity index (χ3n) is 2.87. The SMILES string of the molecule is CCOC(C)c1cc(F)cc(C(=O)NCC(N)C(=O)O)c1. The van der Waals surface area contributed by atoms with Gasteiger partial charge in [-0.25, -0.2) is 4.39 Å². The summed E-state index contributed by atoms with van der Waals surface area (Å²) < 4.78 is 18.9. The minimum Gasteiger partial charge on any atom is -0.480 e. The van der Waals surface area contributed by atoms with Gasteiger partial charge in [-0.1, -0.05) is 0 Å². The molecule has 4 N–H and O–H groups in total. The van der Waals surface area contributed by atoms with Gasteiger partial charge in [0.2, 0.25) is 0 Å². The third-order valence-corrected chi connectivity index (χ3v) is 2.87. The van der Waals surface area contributed by atoms with E-state index in [-0.39, 0.29) is 18.2 Å². The molecule has 0 saturated carbocycles. The number of ether oxygens (including phenoxy) is 1. The Balaban J connectivity index is 2.82. The summed E-state index contributed by atoms with van der Waals surface area (Å²) in [6.45, 7) is 3.80. The molecule has 0 spiro atoms. The van der Waals surface area contributed by atoms with E-state index in [2.05, 4.69) is 5.32 Å². The highest BCUT2D eigenvalue weighted by molar-refractivity contribution is 5.94. The number of halogens is 1. The number of rotatable bonds is 7. The van der Waals surface area contributed by atoms with Gasteiger partial charge in [0.1, 0.15) is 11.9 Å². The zero-order chi connectivity index (χ0) is 16.0.